The Bertz CT molecular complexity index is 981. The van der Waals surface area contributed by atoms with Gasteiger partial charge < -0.3 is 10.6 Å². The highest BCUT2D eigenvalue weighted by atomic mass is 35.5. The van der Waals surface area contributed by atoms with Gasteiger partial charge in [0.2, 0.25) is 5.91 Å². The fourth-order valence-electron chi connectivity index (χ4n) is 2.24. The van der Waals surface area contributed by atoms with E-state index in [0.717, 1.165) is 18.2 Å². The number of halogens is 2. The molecule has 0 aliphatic rings. The predicted octanol–water partition coefficient (Wildman–Crippen LogP) is 2.53. The maximum atomic E-state index is 13.0. The minimum atomic E-state index is -4.04. The minimum absolute atomic E-state index is 0.0290. The van der Waals surface area contributed by atoms with Crippen molar-refractivity contribution < 1.29 is 22.4 Å². The van der Waals surface area contributed by atoms with Gasteiger partial charge in [0.25, 0.3) is 15.9 Å². The lowest BCUT2D eigenvalue weighted by atomic mass is 10.2. The molecule has 150 valence electrons. The Labute approximate surface area is 167 Å². The van der Waals surface area contributed by atoms with E-state index in [4.69, 9.17) is 11.6 Å². The van der Waals surface area contributed by atoms with Gasteiger partial charge in [0.1, 0.15) is 11.9 Å². The number of hydrogen-bond donors (Lipinski definition) is 3. The van der Waals surface area contributed by atoms with Crippen molar-refractivity contribution in [2.75, 3.05) is 11.3 Å². The first-order valence-electron chi connectivity index (χ1n) is 8.30. The number of carbonyl (C=O) groups excluding carboxylic acids is 2. The van der Waals surface area contributed by atoms with Gasteiger partial charge in [0.05, 0.1) is 15.5 Å². The van der Waals surface area contributed by atoms with Gasteiger partial charge in [-0.1, -0.05) is 11.6 Å². The molecule has 1 atom stereocenters. The first kappa shape index (κ1) is 21.6. The molecule has 0 aromatic heterocycles. The maximum Gasteiger partial charge on any atom is 0.261 e. The molecule has 2 aromatic carbocycles. The van der Waals surface area contributed by atoms with Gasteiger partial charge >= 0.3 is 0 Å². The molecule has 2 rings (SSSR count). The topological polar surface area (TPSA) is 104 Å². The van der Waals surface area contributed by atoms with Crippen molar-refractivity contribution in [2.24, 2.45) is 0 Å². The average molecular weight is 428 g/mol. The lowest BCUT2D eigenvalue weighted by molar-refractivity contribution is -0.122. The highest BCUT2D eigenvalue weighted by molar-refractivity contribution is 7.92. The quantitative estimate of drug-likeness (QED) is 0.631. The molecule has 0 saturated heterocycles. The van der Waals surface area contributed by atoms with Crippen LogP contribution in [0.5, 0.6) is 0 Å². The minimum Gasteiger partial charge on any atom is -0.355 e. The molecular formula is C18H19ClFN3O4S. The summed E-state index contributed by atoms with van der Waals surface area (Å²) in [6.07, 6.45) is 0. The molecule has 7 nitrogen and oxygen atoms in total. The fourth-order valence-corrected chi connectivity index (χ4v) is 3.53. The number of rotatable bonds is 7. The molecule has 0 radical (unpaired) electrons. The Kier molecular flexibility index (Phi) is 6.98. The molecule has 0 bridgehead atoms. The summed E-state index contributed by atoms with van der Waals surface area (Å²) in [4.78, 5) is 24.0. The molecule has 28 heavy (non-hydrogen) atoms. The van der Waals surface area contributed by atoms with Crippen molar-refractivity contribution in [3.8, 4) is 0 Å². The molecule has 0 saturated carbocycles. The van der Waals surface area contributed by atoms with Crippen LogP contribution in [0, 0.1) is 5.82 Å². The lowest BCUT2D eigenvalue weighted by Gasteiger charge is -2.15. The summed E-state index contributed by atoms with van der Waals surface area (Å²) in [6.45, 7) is 3.64. The summed E-state index contributed by atoms with van der Waals surface area (Å²) in [7, 11) is -4.04. The van der Waals surface area contributed by atoms with E-state index in [1.807, 2.05) is 0 Å². The lowest BCUT2D eigenvalue weighted by Crippen LogP contribution is -2.44. The molecular weight excluding hydrogens is 409 g/mol. The third kappa shape index (κ3) is 5.43. The van der Waals surface area contributed by atoms with E-state index in [-0.39, 0.29) is 27.1 Å². The van der Waals surface area contributed by atoms with Crippen LogP contribution in [-0.2, 0) is 14.8 Å². The van der Waals surface area contributed by atoms with Crippen LogP contribution in [0.4, 0.5) is 10.1 Å². The number of nitrogens with one attached hydrogen (secondary N) is 3. The first-order valence-corrected chi connectivity index (χ1v) is 10.2. The smallest absolute Gasteiger partial charge is 0.261 e. The van der Waals surface area contributed by atoms with Crippen molar-refractivity contribution in [3.05, 3.63) is 58.9 Å². The zero-order chi connectivity index (χ0) is 20.9. The number of amides is 2. The molecule has 1 unspecified atom stereocenters. The van der Waals surface area contributed by atoms with Gasteiger partial charge in [-0.05, 0) is 56.3 Å². The standard InChI is InChI=1S/C18H19ClFN3O4S/c1-3-21-17(24)11(2)22-18(25)15-10-14(8-9-16(15)19)28(26,27)23-13-6-4-12(20)5-7-13/h4-11,23H,3H2,1-2H3,(H,21,24)(H,22,25). The van der Waals surface area contributed by atoms with Crippen LogP contribution in [0.25, 0.3) is 0 Å². The second-order valence-corrected chi connectivity index (χ2v) is 7.93. The van der Waals surface area contributed by atoms with E-state index in [1.165, 1.54) is 31.2 Å². The van der Waals surface area contributed by atoms with Gasteiger partial charge in [-0.3, -0.25) is 14.3 Å². The van der Waals surface area contributed by atoms with E-state index >= 15 is 0 Å². The number of sulfonamides is 1. The maximum absolute atomic E-state index is 13.0. The third-order valence-corrected chi connectivity index (χ3v) is 5.39. The summed E-state index contributed by atoms with van der Waals surface area (Å²) in [5.41, 5.74) is 0.0620. The molecule has 0 aliphatic carbocycles. The van der Waals surface area contributed by atoms with E-state index in [0.29, 0.717) is 6.54 Å². The highest BCUT2D eigenvalue weighted by Crippen LogP contribution is 2.23. The van der Waals surface area contributed by atoms with Gasteiger partial charge in [0.15, 0.2) is 0 Å². The number of likely N-dealkylation sites (N-methyl/N-ethyl adjacent to an activating group) is 1. The zero-order valence-electron chi connectivity index (χ0n) is 15.1. The molecule has 2 amide bonds. The van der Waals surface area contributed by atoms with Gasteiger partial charge in [-0.15, -0.1) is 0 Å². The molecule has 0 spiro atoms. The zero-order valence-corrected chi connectivity index (χ0v) is 16.7. The van der Waals surface area contributed by atoms with E-state index in [1.54, 1.807) is 6.92 Å². The summed E-state index contributed by atoms with van der Waals surface area (Å²) in [5, 5.41) is 5.06. The van der Waals surface area contributed by atoms with Crippen LogP contribution in [0.15, 0.2) is 47.4 Å². The molecule has 10 heteroatoms. The Morgan fingerprint density at radius 1 is 1.14 bits per heavy atom. The van der Waals surface area contributed by atoms with Crippen molar-refractivity contribution in [1.82, 2.24) is 10.6 Å². The van der Waals surface area contributed by atoms with Crippen molar-refractivity contribution in [2.45, 2.75) is 24.8 Å². The number of benzene rings is 2. The third-order valence-electron chi connectivity index (χ3n) is 3.68. The second-order valence-electron chi connectivity index (χ2n) is 5.84. The second kappa shape index (κ2) is 9.03. The van der Waals surface area contributed by atoms with Crippen LogP contribution in [0.2, 0.25) is 5.02 Å². The molecule has 2 aromatic rings. The van der Waals surface area contributed by atoms with Crippen molar-refractivity contribution >= 4 is 39.1 Å². The monoisotopic (exact) mass is 427 g/mol. The Balaban J connectivity index is 2.25. The highest BCUT2D eigenvalue weighted by Gasteiger charge is 2.21. The van der Waals surface area contributed by atoms with Crippen LogP contribution < -0.4 is 15.4 Å². The number of carbonyl (C=O) groups is 2. The molecule has 0 fully saturated rings. The number of anilines is 1. The first-order chi connectivity index (χ1) is 13.1. The van der Waals surface area contributed by atoms with Gasteiger partial charge in [-0.2, -0.15) is 0 Å². The summed E-state index contributed by atoms with van der Waals surface area (Å²) < 4.78 is 40.4. The summed E-state index contributed by atoms with van der Waals surface area (Å²) in [6, 6.07) is 7.54. The van der Waals surface area contributed by atoms with Crippen LogP contribution in [-0.4, -0.2) is 32.8 Å². The van der Waals surface area contributed by atoms with Gasteiger partial charge in [0, 0.05) is 12.2 Å². The Morgan fingerprint density at radius 3 is 2.39 bits per heavy atom. The summed E-state index contributed by atoms with van der Waals surface area (Å²) >= 11 is 6.02. The van der Waals surface area contributed by atoms with Crippen molar-refractivity contribution in [1.29, 1.82) is 0 Å². The summed E-state index contributed by atoms with van der Waals surface area (Å²) in [5.74, 6) is -1.58. The average Bonchev–Trinajstić information content (AvgIpc) is 2.63. The largest absolute Gasteiger partial charge is 0.355 e. The Morgan fingerprint density at radius 2 is 1.79 bits per heavy atom. The van der Waals surface area contributed by atoms with E-state index in [9.17, 15) is 22.4 Å². The van der Waals surface area contributed by atoms with E-state index < -0.39 is 27.8 Å². The van der Waals surface area contributed by atoms with Crippen LogP contribution in [0.1, 0.15) is 24.2 Å². The normalized spacial score (nSPS) is 12.1. The number of hydrogen-bond acceptors (Lipinski definition) is 4. The SMILES string of the molecule is CCNC(=O)C(C)NC(=O)c1cc(S(=O)(=O)Nc2ccc(F)cc2)ccc1Cl. The van der Waals surface area contributed by atoms with Crippen LogP contribution in [0.3, 0.4) is 0 Å². The predicted molar refractivity (Wildman–Crippen MR) is 104 cm³/mol. The molecule has 3 N–H and O–H groups in total. The fraction of sp³-hybridized carbons (Fsp3) is 0.222. The molecule has 0 heterocycles. The Hall–Kier alpha value is -2.65. The molecule has 0 aliphatic heterocycles. The van der Waals surface area contributed by atoms with Crippen molar-refractivity contribution in [3.63, 3.8) is 0 Å². The van der Waals surface area contributed by atoms with Crippen LogP contribution >= 0.6 is 11.6 Å². The van der Waals surface area contributed by atoms with Gasteiger partial charge in [-0.25, -0.2) is 12.8 Å². The van der Waals surface area contributed by atoms with E-state index in [2.05, 4.69) is 15.4 Å².